The number of halogens is 2. The predicted molar refractivity (Wildman–Crippen MR) is 118 cm³/mol. The molecule has 2 amide bonds. The van der Waals surface area contributed by atoms with Gasteiger partial charge in [-0.3, -0.25) is 9.59 Å². The maximum absolute atomic E-state index is 13.8. The Hall–Kier alpha value is -4.53. The summed E-state index contributed by atoms with van der Waals surface area (Å²) >= 11 is 0. The van der Waals surface area contributed by atoms with Crippen LogP contribution >= 0.6 is 0 Å². The van der Waals surface area contributed by atoms with Gasteiger partial charge in [0.1, 0.15) is 23.1 Å². The molecule has 4 rings (SSSR count). The Morgan fingerprint density at radius 3 is 2.45 bits per heavy atom. The van der Waals surface area contributed by atoms with Crippen LogP contribution in [0.3, 0.4) is 0 Å². The number of nitrogens with zero attached hydrogens (tertiary/aromatic N) is 2. The lowest BCUT2D eigenvalue weighted by molar-refractivity contribution is 0.0992. The number of rotatable bonds is 6. The van der Waals surface area contributed by atoms with Crippen LogP contribution in [0, 0.1) is 11.6 Å². The number of carbonyl (C=O) groups is 2. The van der Waals surface area contributed by atoms with Gasteiger partial charge in [-0.15, -0.1) is 0 Å². The standard InChI is InChI=1S/C24H18F2N4O3/c1-33-18-4-2-3-14(11-18)22-20(13-30(29-22)17-8-5-15(25)6-9-17)24(32)28-16-7-10-21(26)19(12-16)23(27)31/h2-13H,1H3,(H2,27,31)(H,28,32). The molecule has 166 valence electrons. The van der Waals surface area contributed by atoms with Crippen molar-refractivity contribution in [2.45, 2.75) is 0 Å². The van der Waals surface area contributed by atoms with Gasteiger partial charge in [-0.25, -0.2) is 13.5 Å². The number of carbonyl (C=O) groups excluding carboxylic acids is 2. The first kappa shape index (κ1) is 21.7. The highest BCUT2D eigenvalue weighted by Gasteiger charge is 2.20. The Labute approximate surface area is 187 Å². The monoisotopic (exact) mass is 448 g/mol. The van der Waals surface area contributed by atoms with Crippen molar-refractivity contribution in [2.24, 2.45) is 5.73 Å². The highest BCUT2D eigenvalue weighted by atomic mass is 19.1. The third-order valence-corrected chi connectivity index (χ3v) is 4.88. The van der Waals surface area contributed by atoms with E-state index in [2.05, 4.69) is 10.4 Å². The van der Waals surface area contributed by atoms with Crippen molar-refractivity contribution in [3.63, 3.8) is 0 Å². The molecule has 0 spiro atoms. The molecular formula is C24H18F2N4O3. The number of benzene rings is 3. The van der Waals surface area contributed by atoms with E-state index < -0.39 is 23.4 Å². The Kier molecular flexibility index (Phi) is 5.86. The molecule has 0 unspecified atom stereocenters. The van der Waals surface area contributed by atoms with Gasteiger partial charge in [-0.05, 0) is 54.6 Å². The second-order valence-corrected chi connectivity index (χ2v) is 7.06. The lowest BCUT2D eigenvalue weighted by Crippen LogP contribution is -2.16. The fraction of sp³-hybridized carbons (Fsp3) is 0.0417. The normalized spacial score (nSPS) is 10.6. The minimum atomic E-state index is -0.954. The van der Waals surface area contributed by atoms with Gasteiger partial charge < -0.3 is 15.8 Å². The Morgan fingerprint density at radius 1 is 1.00 bits per heavy atom. The van der Waals surface area contributed by atoms with Gasteiger partial charge in [-0.2, -0.15) is 5.10 Å². The Balaban J connectivity index is 1.77. The van der Waals surface area contributed by atoms with Crippen molar-refractivity contribution in [3.8, 4) is 22.7 Å². The second kappa shape index (κ2) is 8.91. The number of aromatic nitrogens is 2. The van der Waals surface area contributed by atoms with E-state index in [9.17, 15) is 18.4 Å². The van der Waals surface area contributed by atoms with Gasteiger partial charge in [0.05, 0.1) is 23.9 Å². The Morgan fingerprint density at radius 2 is 1.76 bits per heavy atom. The number of methoxy groups -OCH3 is 1. The molecule has 0 radical (unpaired) electrons. The van der Waals surface area contributed by atoms with E-state index in [0.717, 1.165) is 12.1 Å². The fourth-order valence-electron chi connectivity index (χ4n) is 3.24. The van der Waals surface area contributed by atoms with Crippen molar-refractivity contribution < 1.29 is 23.1 Å². The van der Waals surface area contributed by atoms with Crippen molar-refractivity contribution in [2.75, 3.05) is 12.4 Å². The van der Waals surface area contributed by atoms with Gasteiger partial charge in [0, 0.05) is 17.4 Å². The molecule has 0 aliphatic carbocycles. The molecule has 0 aliphatic heterocycles. The molecule has 7 nitrogen and oxygen atoms in total. The lowest BCUT2D eigenvalue weighted by Gasteiger charge is -2.08. The largest absolute Gasteiger partial charge is 0.497 e. The topological polar surface area (TPSA) is 99.2 Å². The number of nitrogens with two attached hydrogens (primary N) is 1. The quantitative estimate of drug-likeness (QED) is 0.462. The minimum absolute atomic E-state index is 0.182. The van der Waals surface area contributed by atoms with Crippen molar-refractivity contribution >= 4 is 17.5 Å². The van der Waals surface area contributed by atoms with E-state index in [4.69, 9.17) is 10.5 Å². The molecular weight excluding hydrogens is 430 g/mol. The molecule has 0 saturated heterocycles. The average Bonchev–Trinajstić information content (AvgIpc) is 3.26. The third kappa shape index (κ3) is 4.57. The van der Waals surface area contributed by atoms with Crippen LogP contribution in [0.2, 0.25) is 0 Å². The van der Waals surface area contributed by atoms with E-state index in [0.29, 0.717) is 22.7 Å². The van der Waals surface area contributed by atoms with Crippen LogP contribution in [0.5, 0.6) is 5.75 Å². The average molecular weight is 448 g/mol. The summed E-state index contributed by atoms with van der Waals surface area (Å²) in [5.74, 6) is -2.13. The molecule has 9 heteroatoms. The van der Waals surface area contributed by atoms with Crippen LogP contribution in [0.4, 0.5) is 14.5 Å². The summed E-state index contributed by atoms with van der Waals surface area (Å²) in [4.78, 5) is 24.6. The van der Waals surface area contributed by atoms with Crippen LogP contribution in [0.15, 0.2) is 72.9 Å². The van der Waals surface area contributed by atoms with Crippen LogP contribution in [0.25, 0.3) is 16.9 Å². The summed E-state index contributed by atoms with van der Waals surface area (Å²) in [7, 11) is 1.52. The SMILES string of the molecule is COc1cccc(-c2nn(-c3ccc(F)cc3)cc2C(=O)Nc2ccc(F)c(C(N)=O)c2)c1. The van der Waals surface area contributed by atoms with E-state index in [-0.39, 0.29) is 16.8 Å². The Bertz CT molecular complexity index is 1350. The maximum Gasteiger partial charge on any atom is 0.259 e. The molecule has 0 aliphatic rings. The van der Waals surface area contributed by atoms with E-state index >= 15 is 0 Å². The zero-order valence-corrected chi connectivity index (χ0v) is 17.4. The van der Waals surface area contributed by atoms with Gasteiger partial charge in [0.2, 0.25) is 0 Å². The van der Waals surface area contributed by atoms with Crippen molar-refractivity contribution in [3.05, 3.63) is 95.7 Å². The molecule has 0 fully saturated rings. The maximum atomic E-state index is 13.8. The van der Waals surface area contributed by atoms with Crippen LogP contribution in [-0.4, -0.2) is 28.7 Å². The molecule has 0 bridgehead atoms. The van der Waals surface area contributed by atoms with Gasteiger partial charge in [-0.1, -0.05) is 12.1 Å². The first-order valence-electron chi connectivity index (χ1n) is 9.76. The van der Waals surface area contributed by atoms with Crippen LogP contribution in [0.1, 0.15) is 20.7 Å². The minimum Gasteiger partial charge on any atom is -0.497 e. The number of hydrogen-bond acceptors (Lipinski definition) is 4. The molecule has 1 aromatic heterocycles. The summed E-state index contributed by atoms with van der Waals surface area (Å²) in [6.07, 6.45) is 1.50. The predicted octanol–water partition coefficient (Wildman–Crippen LogP) is 4.18. The number of ether oxygens (including phenoxy) is 1. The zero-order chi connectivity index (χ0) is 23.5. The highest BCUT2D eigenvalue weighted by Crippen LogP contribution is 2.28. The second-order valence-electron chi connectivity index (χ2n) is 7.06. The van der Waals surface area contributed by atoms with E-state index in [1.807, 2.05) is 0 Å². The number of nitrogens with one attached hydrogen (secondary N) is 1. The summed E-state index contributed by atoms with van der Waals surface area (Å²) < 4.78 is 33.9. The number of hydrogen-bond donors (Lipinski definition) is 2. The van der Waals surface area contributed by atoms with Crippen LogP contribution in [-0.2, 0) is 0 Å². The molecule has 0 atom stereocenters. The molecule has 33 heavy (non-hydrogen) atoms. The number of primary amides is 1. The smallest absolute Gasteiger partial charge is 0.259 e. The molecule has 1 heterocycles. The summed E-state index contributed by atoms with van der Waals surface area (Å²) in [6.45, 7) is 0. The van der Waals surface area contributed by atoms with Gasteiger partial charge in [0.15, 0.2) is 0 Å². The van der Waals surface area contributed by atoms with E-state index in [1.165, 1.54) is 48.3 Å². The van der Waals surface area contributed by atoms with Crippen molar-refractivity contribution in [1.82, 2.24) is 9.78 Å². The number of amides is 2. The molecule has 3 N–H and O–H groups in total. The van der Waals surface area contributed by atoms with E-state index in [1.54, 1.807) is 24.3 Å². The first-order chi connectivity index (χ1) is 15.9. The van der Waals surface area contributed by atoms with Gasteiger partial charge >= 0.3 is 0 Å². The molecule has 0 saturated carbocycles. The number of anilines is 1. The van der Waals surface area contributed by atoms with Gasteiger partial charge in [0.25, 0.3) is 11.8 Å². The summed E-state index contributed by atoms with van der Waals surface area (Å²) in [5.41, 5.74) is 6.71. The molecule has 4 aromatic rings. The first-order valence-corrected chi connectivity index (χ1v) is 9.76. The summed E-state index contributed by atoms with van der Waals surface area (Å²) in [5, 5.41) is 7.16. The van der Waals surface area contributed by atoms with Crippen LogP contribution < -0.4 is 15.8 Å². The lowest BCUT2D eigenvalue weighted by atomic mass is 10.1. The summed E-state index contributed by atoms with van der Waals surface area (Å²) in [6, 6.07) is 16.1. The zero-order valence-electron chi connectivity index (χ0n) is 17.4. The highest BCUT2D eigenvalue weighted by molar-refractivity contribution is 6.08. The third-order valence-electron chi connectivity index (χ3n) is 4.88. The molecule has 3 aromatic carbocycles. The fourth-order valence-corrected chi connectivity index (χ4v) is 3.24. The van der Waals surface area contributed by atoms with Crippen molar-refractivity contribution in [1.29, 1.82) is 0 Å².